The van der Waals surface area contributed by atoms with Gasteiger partial charge in [0, 0.05) is 112 Å². The third kappa shape index (κ3) is 13.5. The highest BCUT2D eigenvalue weighted by Gasteiger charge is 2.21. The maximum Gasteiger partial charge on any atom is 0.292 e. The Balaban J connectivity index is 1.03. The molecule has 5 aromatic heterocycles. The van der Waals surface area contributed by atoms with E-state index in [1.165, 1.54) is 55.1 Å². The molecular formula is C41H55N17O8. The van der Waals surface area contributed by atoms with Gasteiger partial charge in [0.1, 0.15) is 17.2 Å². The van der Waals surface area contributed by atoms with E-state index in [1.54, 1.807) is 52.2 Å². The predicted octanol–water partition coefficient (Wildman–Crippen LogP) is -0.226. The molecular weight excluding hydrogens is 859 g/mol. The quantitative estimate of drug-likeness (QED) is 0.0418. The van der Waals surface area contributed by atoms with Crippen molar-refractivity contribution in [1.29, 1.82) is 0 Å². The Kier molecular flexibility index (Phi) is 16.7. The number of amides is 8. The van der Waals surface area contributed by atoms with Crippen LogP contribution in [0.15, 0.2) is 49.2 Å². The number of carbonyl (C=O) groups is 8. The summed E-state index contributed by atoms with van der Waals surface area (Å²) in [6, 6.07) is 4.50. The molecule has 0 aliphatic rings. The zero-order valence-corrected chi connectivity index (χ0v) is 37.8. The number of anilines is 4. The summed E-state index contributed by atoms with van der Waals surface area (Å²) < 4.78 is 7.37. The lowest BCUT2D eigenvalue weighted by atomic mass is 10.3. The van der Waals surface area contributed by atoms with Crippen molar-refractivity contribution in [3.63, 3.8) is 0 Å². The maximum absolute atomic E-state index is 13.1. The first-order valence-electron chi connectivity index (χ1n) is 20.7. The van der Waals surface area contributed by atoms with Crippen LogP contribution in [0.2, 0.25) is 0 Å². The third-order valence-corrected chi connectivity index (χ3v) is 9.83. The molecule has 0 aliphatic heterocycles. The normalized spacial score (nSPS) is 10.9. The fraction of sp³-hybridized carbons (Fsp3) is 0.390. The van der Waals surface area contributed by atoms with Crippen molar-refractivity contribution >= 4 is 70.4 Å². The minimum absolute atomic E-state index is 0.0249. The van der Waals surface area contributed by atoms with Gasteiger partial charge in [-0.2, -0.15) is 0 Å². The van der Waals surface area contributed by atoms with Crippen molar-refractivity contribution in [2.45, 2.75) is 25.7 Å². The second-order valence-corrected chi connectivity index (χ2v) is 15.4. The van der Waals surface area contributed by atoms with Gasteiger partial charge in [-0.3, -0.25) is 38.4 Å². The lowest BCUT2D eigenvalue weighted by Crippen LogP contribution is -2.32. The maximum atomic E-state index is 13.1. The summed E-state index contributed by atoms with van der Waals surface area (Å²) in [7, 11) is 11.9. The molecule has 5 rings (SSSR count). The molecule has 0 spiro atoms. The fourth-order valence-corrected chi connectivity index (χ4v) is 6.39. The van der Waals surface area contributed by atoms with Gasteiger partial charge in [0.25, 0.3) is 29.5 Å². The van der Waals surface area contributed by atoms with Crippen molar-refractivity contribution < 1.29 is 38.4 Å². The van der Waals surface area contributed by atoms with Crippen LogP contribution in [-0.4, -0.2) is 137 Å². The van der Waals surface area contributed by atoms with Crippen molar-refractivity contribution in [2.75, 3.05) is 68.1 Å². The minimum atomic E-state index is -0.615. The second-order valence-electron chi connectivity index (χ2n) is 15.4. The summed E-state index contributed by atoms with van der Waals surface area (Å²) in [4.78, 5) is 116. The zero-order chi connectivity index (χ0) is 48.1. The van der Waals surface area contributed by atoms with Crippen LogP contribution in [0.1, 0.15) is 78.5 Å². The number of nitrogens with zero attached hydrogens (tertiary/aromatic N) is 9. The summed E-state index contributed by atoms with van der Waals surface area (Å²) in [5.74, 6) is -3.02. The molecule has 0 saturated heterocycles. The largest absolute Gasteiger partial charge is 0.356 e. The Morgan fingerprint density at radius 1 is 0.545 bits per heavy atom. The van der Waals surface area contributed by atoms with E-state index in [9.17, 15) is 38.4 Å². The fourth-order valence-electron chi connectivity index (χ4n) is 6.39. The second kappa shape index (κ2) is 22.5. The molecule has 5 heterocycles. The van der Waals surface area contributed by atoms with E-state index >= 15 is 0 Å². The van der Waals surface area contributed by atoms with Gasteiger partial charge in [0.2, 0.25) is 29.4 Å². The highest BCUT2D eigenvalue weighted by atomic mass is 16.2. The molecule has 25 heteroatoms. The Hall–Kier alpha value is -8.09. The first-order valence-corrected chi connectivity index (χ1v) is 20.7. The molecule has 8 N–H and O–H groups in total. The number of carbonyl (C=O) groups excluding carboxylic acids is 8. The molecule has 352 valence electrons. The number of aryl methyl sites for hydroxylation is 4. The van der Waals surface area contributed by atoms with Gasteiger partial charge in [0.05, 0.1) is 5.69 Å². The standard InChI is InChI=1S/C41H55N17O8/c1-53(2)19-8-14-42-31(59)11-15-45-38(63)27-21-25(22-55(27)4)47-40(65)35-50-28(23-56(35)5)48-32(60)12-16-44-37(62)26-9-10-30(58(26)7)52-41(66)36-51-29(24-57(36)6)49-33(61)13-17-46-39(64)34-43-18-20-54(34)3/h9-10,18,20-24H,8,11-17,19H2,1-7H3,(H,42,59)(H,44,62)(H,45,63)(H,46,64)(H,47,65)(H,48,60)(H,49,61)(H,52,66). The van der Waals surface area contributed by atoms with E-state index in [0.29, 0.717) is 12.2 Å². The van der Waals surface area contributed by atoms with Crippen molar-refractivity contribution in [2.24, 2.45) is 35.2 Å². The Labute approximate surface area is 379 Å². The molecule has 66 heavy (non-hydrogen) atoms. The summed E-state index contributed by atoms with van der Waals surface area (Å²) in [6.07, 6.45) is 8.33. The van der Waals surface area contributed by atoms with E-state index in [1.807, 2.05) is 19.0 Å². The van der Waals surface area contributed by atoms with Gasteiger partial charge in [-0.25, -0.2) is 15.0 Å². The third-order valence-electron chi connectivity index (χ3n) is 9.83. The molecule has 0 radical (unpaired) electrons. The molecule has 0 saturated carbocycles. The molecule has 25 nitrogen and oxygen atoms in total. The lowest BCUT2D eigenvalue weighted by Gasteiger charge is -2.10. The average molecular weight is 914 g/mol. The Morgan fingerprint density at radius 3 is 1.65 bits per heavy atom. The van der Waals surface area contributed by atoms with E-state index in [0.717, 1.165) is 13.0 Å². The monoisotopic (exact) mass is 913 g/mol. The van der Waals surface area contributed by atoms with E-state index in [-0.39, 0.29) is 91.1 Å². The van der Waals surface area contributed by atoms with Gasteiger partial charge < -0.3 is 70.3 Å². The SMILES string of the molecule is CN(C)CCCNC(=O)CCNC(=O)c1cc(NC(=O)c2nc(NC(=O)CCNC(=O)c3ccc(NC(=O)c4nc(NC(=O)CCNC(=O)c5nccn5C)cn4C)n3C)cn2C)cn1C. The predicted molar refractivity (Wildman–Crippen MR) is 241 cm³/mol. The van der Waals surface area contributed by atoms with Gasteiger partial charge in [-0.1, -0.05) is 0 Å². The van der Waals surface area contributed by atoms with Crippen molar-refractivity contribution in [3.05, 3.63) is 78.0 Å². The topological polar surface area (TPSA) is 299 Å². The zero-order valence-electron chi connectivity index (χ0n) is 37.8. The summed E-state index contributed by atoms with van der Waals surface area (Å²) in [5, 5.41) is 21.4. The number of rotatable bonds is 22. The number of nitrogens with one attached hydrogen (secondary N) is 8. The smallest absolute Gasteiger partial charge is 0.292 e. The van der Waals surface area contributed by atoms with Crippen LogP contribution in [0.3, 0.4) is 0 Å². The first-order chi connectivity index (χ1) is 31.4. The van der Waals surface area contributed by atoms with Crippen LogP contribution in [0, 0.1) is 0 Å². The highest BCUT2D eigenvalue weighted by molar-refractivity contribution is 6.04. The molecule has 0 bridgehead atoms. The van der Waals surface area contributed by atoms with Gasteiger partial charge >= 0.3 is 0 Å². The minimum Gasteiger partial charge on any atom is -0.356 e. The average Bonchev–Trinajstić information content (AvgIpc) is 4.09. The van der Waals surface area contributed by atoms with Crippen molar-refractivity contribution in [1.82, 2.24) is 64.0 Å². The molecule has 0 aliphatic carbocycles. The molecule has 8 amide bonds. The van der Waals surface area contributed by atoms with Crippen LogP contribution in [0.4, 0.5) is 23.1 Å². The van der Waals surface area contributed by atoms with Crippen LogP contribution in [0.5, 0.6) is 0 Å². The number of aromatic nitrogens is 8. The lowest BCUT2D eigenvalue weighted by molar-refractivity contribution is -0.121. The van der Waals surface area contributed by atoms with Gasteiger partial charge in [0.15, 0.2) is 17.5 Å². The van der Waals surface area contributed by atoms with Crippen LogP contribution < -0.4 is 42.5 Å². The Bertz CT molecular complexity index is 2590. The summed E-state index contributed by atoms with van der Waals surface area (Å²) in [5.41, 5.74) is 0.772. The van der Waals surface area contributed by atoms with E-state index in [4.69, 9.17) is 0 Å². The molecule has 0 unspecified atom stereocenters. The summed E-state index contributed by atoms with van der Waals surface area (Å²) >= 11 is 0. The Morgan fingerprint density at radius 2 is 1.09 bits per heavy atom. The van der Waals surface area contributed by atoms with E-state index in [2.05, 4.69) is 57.5 Å². The number of imidazole rings is 3. The number of hydrogen-bond donors (Lipinski definition) is 8. The molecule has 5 aromatic rings. The van der Waals surface area contributed by atoms with Crippen LogP contribution >= 0.6 is 0 Å². The summed E-state index contributed by atoms with van der Waals surface area (Å²) in [6.45, 7) is 1.53. The first kappa shape index (κ1) is 48.9. The van der Waals surface area contributed by atoms with Gasteiger partial charge in [-0.15, -0.1) is 0 Å². The van der Waals surface area contributed by atoms with Gasteiger partial charge in [-0.05, 0) is 45.3 Å². The van der Waals surface area contributed by atoms with Crippen LogP contribution in [0.25, 0.3) is 0 Å². The van der Waals surface area contributed by atoms with Crippen molar-refractivity contribution in [3.8, 4) is 0 Å². The highest BCUT2D eigenvalue weighted by Crippen LogP contribution is 2.17. The molecule has 0 aromatic carbocycles. The number of hydrogen-bond acceptors (Lipinski definition) is 12. The van der Waals surface area contributed by atoms with Crippen LogP contribution in [-0.2, 0) is 49.6 Å². The molecule has 0 fully saturated rings. The van der Waals surface area contributed by atoms with E-state index < -0.39 is 41.4 Å². The molecule has 0 atom stereocenters.